The number of benzene rings is 2. The van der Waals surface area contributed by atoms with Crippen LogP contribution >= 0.6 is 0 Å². The molecule has 0 aliphatic carbocycles. The number of aryl methyl sites for hydroxylation is 1. The highest BCUT2D eigenvalue weighted by atomic mass is 19.2. The van der Waals surface area contributed by atoms with Gasteiger partial charge in [-0.1, -0.05) is 0 Å². The SMILES string of the molecule is Cc1cc(O)ccc1NC(=O)/C(C#N)=C\Nc1ccc(F)c(F)c1F. The summed E-state index contributed by atoms with van der Waals surface area (Å²) in [5.74, 6) is -5.27. The van der Waals surface area contributed by atoms with Gasteiger partial charge in [0.2, 0.25) is 0 Å². The molecule has 0 unspecified atom stereocenters. The van der Waals surface area contributed by atoms with Crippen molar-refractivity contribution in [2.75, 3.05) is 10.6 Å². The van der Waals surface area contributed by atoms with Crippen molar-refractivity contribution < 1.29 is 23.1 Å². The third kappa shape index (κ3) is 4.09. The van der Waals surface area contributed by atoms with Crippen molar-refractivity contribution >= 4 is 17.3 Å². The van der Waals surface area contributed by atoms with Gasteiger partial charge in [-0.3, -0.25) is 4.79 Å². The van der Waals surface area contributed by atoms with Gasteiger partial charge in [0.15, 0.2) is 17.5 Å². The first-order chi connectivity index (χ1) is 11.8. The van der Waals surface area contributed by atoms with E-state index in [1.807, 2.05) is 0 Å². The monoisotopic (exact) mass is 347 g/mol. The van der Waals surface area contributed by atoms with E-state index in [9.17, 15) is 23.1 Å². The van der Waals surface area contributed by atoms with E-state index >= 15 is 0 Å². The number of amides is 1. The minimum absolute atomic E-state index is 0.0158. The second kappa shape index (κ2) is 7.40. The topological polar surface area (TPSA) is 85.2 Å². The molecule has 2 aromatic carbocycles. The Balaban J connectivity index is 2.19. The first-order valence-corrected chi connectivity index (χ1v) is 6.94. The maximum absolute atomic E-state index is 13.5. The number of rotatable bonds is 4. The third-order valence-corrected chi connectivity index (χ3v) is 3.23. The predicted octanol–water partition coefficient (Wildman–Crippen LogP) is 3.58. The fraction of sp³-hybridized carbons (Fsp3) is 0.0588. The van der Waals surface area contributed by atoms with E-state index < -0.39 is 34.6 Å². The van der Waals surface area contributed by atoms with Crippen LogP contribution < -0.4 is 10.6 Å². The van der Waals surface area contributed by atoms with Gasteiger partial charge < -0.3 is 15.7 Å². The molecule has 0 radical (unpaired) electrons. The van der Waals surface area contributed by atoms with Gasteiger partial charge in [-0.25, -0.2) is 13.2 Å². The van der Waals surface area contributed by atoms with Gasteiger partial charge in [0.25, 0.3) is 5.91 Å². The van der Waals surface area contributed by atoms with Crippen LogP contribution in [-0.2, 0) is 4.79 Å². The van der Waals surface area contributed by atoms with Crippen molar-refractivity contribution in [2.24, 2.45) is 0 Å². The van der Waals surface area contributed by atoms with Crippen molar-refractivity contribution in [3.63, 3.8) is 0 Å². The summed E-state index contributed by atoms with van der Waals surface area (Å²) < 4.78 is 39.6. The summed E-state index contributed by atoms with van der Waals surface area (Å²) in [7, 11) is 0. The lowest BCUT2D eigenvalue weighted by Gasteiger charge is -2.09. The molecule has 0 atom stereocenters. The van der Waals surface area contributed by atoms with Gasteiger partial charge >= 0.3 is 0 Å². The van der Waals surface area contributed by atoms with Gasteiger partial charge in [-0.2, -0.15) is 5.26 Å². The van der Waals surface area contributed by atoms with Crippen molar-refractivity contribution in [3.05, 3.63) is 65.1 Å². The number of halogens is 3. The van der Waals surface area contributed by atoms with Crippen LogP contribution in [0.2, 0.25) is 0 Å². The Morgan fingerprint density at radius 1 is 1.16 bits per heavy atom. The number of carbonyl (C=O) groups excluding carboxylic acids is 1. The molecular formula is C17H12F3N3O2. The van der Waals surface area contributed by atoms with Gasteiger partial charge in [-0.15, -0.1) is 0 Å². The lowest BCUT2D eigenvalue weighted by Crippen LogP contribution is -2.15. The molecule has 0 saturated heterocycles. The zero-order chi connectivity index (χ0) is 18.6. The fourth-order valence-corrected chi connectivity index (χ4v) is 1.91. The summed E-state index contributed by atoms with van der Waals surface area (Å²) in [6.45, 7) is 1.64. The molecule has 3 N–H and O–H groups in total. The maximum atomic E-state index is 13.5. The number of hydrogen-bond donors (Lipinski definition) is 3. The molecule has 8 heteroatoms. The number of nitrogens with one attached hydrogen (secondary N) is 2. The predicted molar refractivity (Wildman–Crippen MR) is 85.1 cm³/mol. The molecule has 128 valence electrons. The fourth-order valence-electron chi connectivity index (χ4n) is 1.91. The highest BCUT2D eigenvalue weighted by molar-refractivity contribution is 6.07. The average molecular weight is 347 g/mol. The molecule has 2 rings (SSSR count). The van der Waals surface area contributed by atoms with Crippen molar-refractivity contribution in [1.82, 2.24) is 0 Å². The second-order valence-corrected chi connectivity index (χ2v) is 4.99. The molecule has 25 heavy (non-hydrogen) atoms. The first kappa shape index (κ1) is 17.9. The Morgan fingerprint density at radius 2 is 1.84 bits per heavy atom. The molecular weight excluding hydrogens is 335 g/mol. The number of aromatic hydroxyl groups is 1. The summed E-state index contributed by atoms with van der Waals surface area (Å²) in [6, 6.07) is 7.47. The molecule has 0 heterocycles. The quantitative estimate of drug-likeness (QED) is 0.342. The van der Waals surface area contributed by atoms with Gasteiger partial charge in [0.05, 0.1) is 5.69 Å². The Morgan fingerprint density at radius 3 is 2.48 bits per heavy atom. The van der Waals surface area contributed by atoms with Crippen LogP contribution in [0.1, 0.15) is 5.56 Å². The molecule has 0 bridgehead atoms. The summed E-state index contributed by atoms with van der Waals surface area (Å²) in [5.41, 5.74) is 0.0741. The molecule has 5 nitrogen and oxygen atoms in total. The minimum atomic E-state index is -1.67. The minimum Gasteiger partial charge on any atom is -0.508 e. The molecule has 0 aromatic heterocycles. The van der Waals surface area contributed by atoms with Crippen LogP contribution in [0.3, 0.4) is 0 Å². The number of phenolic OH excluding ortho intramolecular Hbond substituents is 1. The third-order valence-electron chi connectivity index (χ3n) is 3.23. The zero-order valence-electron chi connectivity index (χ0n) is 12.9. The Bertz CT molecular complexity index is 905. The number of phenols is 1. The molecule has 2 aromatic rings. The molecule has 0 saturated carbocycles. The summed E-state index contributed by atoms with van der Waals surface area (Å²) in [4.78, 5) is 12.1. The zero-order valence-corrected chi connectivity index (χ0v) is 12.9. The van der Waals surface area contributed by atoms with Crippen LogP contribution in [0.25, 0.3) is 0 Å². The van der Waals surface area contributed by atoms with Crippen molar-refractivity contribution in [1.29, 1.82) is 5.26 Å². The first-order valence-electron chi connectivity index (χ1n) is 6.94. The summed E-state index contributed by atoms with van der Waals surface area (Å²) >= 11 is 0. The number of hydrogen-bond acceptors (Lipinski definition) is 4. The van der Waals surface area contributed by atoms with Crippen LogP contribution in [0.5, 0.6) is 5.75 Å². The average Bonchev–Trinajstić information content (AvgIpc) is 2.57. The smallest absolute Gasteiger partial charge is 0.267 e. The van der Waals surface area contributed by atoms with Crippen LogP contribution in [0.4, 0.5) is 24.5 Å². The molecule has 0 fully saturated rings. The van der Waals surface area contributed by atoms with E-state index in [1.165, 1.54) is 18.2 Å². The molecule has 0 spiro atoms. The number of nitriles is 1. The van der Waals surface area contributed by atoms with Gasteiger partial charge in [-0.05, 0) is 42.8 Å². The Kier molecular flexibility index (Phi) is 5.29. The normalized spacial score (nSPS) is 10.9. The van der Waals surface area contributed by atoms with Crippen LogP contribution in [-0.4, -0.2) is 11.0 Å². The van der Waals surface area contributed by atoms with E-state index in [-0.39, 0.29) is 5.75 Å². The number of anilines is 2. The maximum Gasteiger partial charge on any atom is 0.267 e. The molecule has 0 aliphatic rings. The van der Waals surface area contributed by atoms with Crippen LogP contribution in [0, 0.1) is 35.7 Å². The number of carbonyl (C=O) groups is 1. The molecule has 0 aliphatic heterocycles. The standard InChI is InChI=1S/C17H12F3N3O2/c1-9-6-11(24)2-4-13(9)23-17(25)10(7-21)8-22-14-5-3-12(18)15(19)16(14)20/h2-6,8,22,24H,1H3,(H,23,25)/b10-8-. The van der Waals surface area contributed by atoms with E-state index in [4.69, 9.17) is 5.26 Å². The van der Waals surface area contributed by atoms with Crippen molar-refractivity contribution in [3.8, 4) is 11.8 Å². The summed E-state index contributed by atoms with van der Waals surface area (Å²) in [5, 5.41) is 23.1. The van der Waals surface area contributed by atoms with E-state index in [0.29, 0.717) is 17.3 Å². The van der Waals surface area contributed by atoms with E-state index in [0.717, 1.165) is 12.3 Å². The second-order valence-electron chi connectivity index (χ2n) is 4.99. The highest BCUT2D eigenvalue weighted by Gasteiger charge is 2.14. The van der Waals surface area contributed by atoms with Crippen LogP contribution in [0.15, 0.2) is 42.1 Å². The Labute approximate surface area is 141 Å². The van der Waals surface area contributed by atoms with Gasteiger partial charge in [0.1, 0.15) is 17.4 Å². The Hall–Kier alpha value is -3.47. The summed E-state index contributed by atoms with van der Waals surface area (Å²) in [6.07, 6.45) is 0.876. The van der Waals surface area contributed by atoms with Gasteiger partial charge in [0, 0.05) is 11.9 Å². The van der Waals surface area contributed by atoms with E-state index in [1.54, 1.807) is 13.0 Å². The lowest BCUT2D eigenvalue weighted by atomic mass is 10.2. The van der Waals surface area contributed by atoms with Crippen molar-refractivity contribution in [2.45, 2.75) is 6.92 Å². The van der Waals surface area contributed by atoms with E-state index in [2.05, 4.69) is 10.6 Å². The highest BCUT2D eigenvalue weighted by Crippen LogP contribution is 2.22. The number of nitrogens with zero attached hydrogens (tertiary/aromatic N) is 1. The lowest BCUT2D eigenvalue weighted by molar-refractivity contribution is -0.112. The largest absolute Gasteiger partial charge is 0.508 e. The molecule has 1 amide bonds.